The molecule has 0 spiro atoms. The summed E-state index contributed by atoms with van der Waals surface area (Å²) in [5.41, 5.74) is 2.43. The number of benzene rings is 1. The van der Waals surface area contributed by atoms with Crippen molar-refractivity contribution in [2.45, 2.75) is 26.5 Å². The lowest BCUT2D eigenvalue weighted by atomic mass is 10.1. The number of nitrogens with zero attached hydrogens (tertiary/aromatic N) is 3. The van der Waals surface area contributed by atoms with E-state index in [1.807, 2.05) is 30.2 Å². The van der Waals surface area contributed by atoms with Gasteiger partial charge in [0.25, 0.3) is 0 Å². The van der Waals surface area contributed by atoms with Crippen molar-refractivity contribution in [2.24, 2.45) is 13.0 Å². The van der Waals surface area contributed by atoms with Crippen LogP contribution in [0.4, 0.5) is 0 Å². The first-order valence-corrected chi connectivity index (χ1v) is 8.64. The van der Waals surface area contributed by atoms with Crippen LogP contribution in [0.3, 0.4) is 0 Å². The van der Waals surface area contributed by atoms with Crippen LogP contribution < -0.4 is 4.74 Å². The van der Waals surface area contributed by atoms with Crippen LogP contribution in [0.2, 0.25) is 0 Å². The van der Waals surface area contributed by atoms with Crippen molar-refractivity contribution in [3.63, 3.8) is 0 Å². The van der Waals surface area contributed by atoms with Crippen LogP contribution in [0, 0.1) is 5.92 Å². The molecule has 1 aliphatic rings. The molecule has 0 unspecified atom stereocenters. The summed E-state index contributed by atoms with van der Waals surface area (Å²) in [6.45, 7) is 8.59. The quantitative estimate of drug-likeness (QED) is 0.817. The molecule has 0 aliphatic carbocycles. The number of aromatic nitrogens is 2. The highest BCUT2D eigenvalue weighted by Gasteiger charge is 2.23. The van der Waals surface area contributed by atoms with E-state index in [4.69, 9.17) is 9.47 Å². The summed E-state index contributed by atoms with van der Waals surface area (Å²) < 4.78 is 13.6. The van der Waals surface area contributed by atoms with Crippen LogP contribution in [-0.2, 0) is 18.3 Å². The van der Waals surface area contributed by atoms with Crippen molar-refractivity contribution >= 4 is 0 Å². The molecule has 130 valence electrons. The molecular formula is C19H27N3O2. The van der Waals surface area contributed by atoms with Crippen LogP contribution in [-0.4, -0.2) is 41.0 Å². The van der Waals surface area contributed by atoms with Gasteiger partial charge in [-0.3, -0.25) is 9.58 Å². The van der Waals surface area contributed by atoms with Crippen molar-refractivity contribution in [3.8, 4) is 5.75 Å². The van der Waals surface area contributed by atoms with Gasteiger partial charge in [0.05, 0.1) is 25.5 Å². The first kappa shape index (κ1) is 17.0. The lowest BCUT2D eigenvalue weighted by molar-refractivity contribution is -0.0329. The number of hydrogen-bond donors (Lipinski definition) is 0. The second kappa shape index (κ2) is 7.81. The van der Waals surface area contributed by atoms with Crippen LogP contribution in [0.25, 0.3) is 0 Å². The third-order valence-corrected chi connectivity index (χ3v) is 4.14. The number of morpholine rings is 1. The van der Waals surface area contributed by atoms with E-state index in [9.17, 15) is 0 Å². The second-order valence-corrected chi connectivity index (χ2v) is 6.89. The summed E-state index contributed by atoms with van der Waals surface area (Å²) in [5.74, 6) is 1.49. The SMILES string of the molecule is CC(C)COc1cccc(CN2CCO[C@@H](c3cnn(C)c3)C2)c1. The number of ether oxygens (including phenoxy) is 2. The normalized spacial score (nSPS) is 18.9. The third kappa shape index (κ3) is 4.58. The van der Waals surface area contributed by atoms with Crippen LogP contribution in [0.1, 0.15) is 31.1 Å². The standard InChI is InChI=1S/C19H27N3O2/c1-15(2)14-24-18-6-4-5-16(9-18)11-22-7-8-23-19(13-22)17-10-20-21(3)12-17/h4-6,9-10,12,15,19H,7-8,11,13-14H2,1-3H3/t19-/m1/s1. The number of hydrogen-bond acceptors (Lipinski definition) is 4. The average molecular weight is 329 g/mol. The molecule has 0 bridgehead atoms. The highest BCUT2D eigenvalue weighted by atomic mass is 16.5. The zero-order chi connectivity index (χ0) is 16.9. The molecule has 1 saturated heterocycles. The Morgan fingerprint density at radius 2 is 2.25 bits per heavy atom. The molecule has 1 aromatic carbocycles. The van der Waals surface area contributed by atoms with Gasteiger partial charge in [-0.1, -0.05) is 26.0 Å². The van der Waals surface area contributed by atoms with Crippen molar-refractivity contribution in [2.75, 3.05) is 26.3 Å². The smallest absolute Gasteiger partial charge is 0.119 e. The predicted octanol–water partition coefficient (Wildman–Crippen LogP) is 3.03. The Morgan fingerprint density at radius 3 is 3.00 bits per heavy atom. The Morgan fingerprint density at radius 1 is 1.38 bits per heavy atom. The van der Waals surface area contributed by atoms with E-state index in [0.717, 1.165) is 44.2 Å². The summed E-state index contributed by atoms with van der Waals surface area (Å²) in [4.78, 5) is 2.43. The molecule has 0 saturated carbocycles. The molecule has 5 nitrogen and oxygen atoms in total. The minimum atomic E-state index is 0.104. The molecule has 2 heterocycles. The van der Waals surface area contributed by atoms with Gasteiger partial charge in [0, 0.05) is 38.4 Å². The van der Waals surface area contributed by atoms with E-state index >= 15 is 0 Å². The van der Waals surface area contributed by atoms with Gasteiger partial charge in [-0.15, -0.1) is 0 Å². The first-order valence-electron chi connectivity index (χ1n) is 8.64. The van der Waals surface area contributed by atoms with Crippen LogP contribution >= 0.6 is 0 Å². The second-order valence-electron chi connectivity index (χ2n) is 6.89. The predicted molar refractivity (Wildman–Crippen MR) is 94.0 cm³/mol. The fraction of sp³-hybridized carbons (Fsp3) is 0.526. The molecular weight excluding hydrogens is 302 g/mol. The summed E-state index contributed by atoms with van der Waals surface area (Å²) in [5, 5.41) is 4.25. The summed E-state index contributed by atoms with van der Waals surface area (Å²) in [6, 6.07) is 8.42. The van der Waals surface area contributed by atoms with Gasteiger partial charge in [-0.2, -0.15) is 5.10 Å². The van der Waals surface area contributed by atoms with E-state index in [-0.39, 0.29) is 6.10 Å². The molecule has 0 N–H and O–H groups in total. The topological polar surface area (TPSA) is 39.5 Å². The highest BCUT2D eigenvalue weighted by Crippen LogP contribution is 2.23. The zero-order valence-corrected chi connectivity index (χ0v) is 14.8. The van der Waals surface area contributed by atoms with E-state index in [1.165, 1.54) is 5.56 Å². The maximum atomic E-state index is 5.91. The van der Waals surface area contributed by atoms with Crippen LogP contribution in [0.5, 0.6) is 5.75 Å². The minimum absolute atomic E-state index is 0.104. The highest BCUT2D eigenvalue weighted by molar-refractivity contribution is 5.28. The lowest BCUT2D eigenvalue weighted by Crippen LogP contribution is -2.37. The Hall–Kier alpha value is -1.85. The molecule has 24 heavy (non-hydrogen) atoms. The molecule has 5 heteroatoms. The Bertz CT molecular complexity index is 654. The van der Waals surface area contributed by atoms with Gasteiger partial charge in [0.15, 0.2) is 0 Å². The molecule has 1 fully saturated rings. The summed E-state index contributed by atoms with van der Waals surface area (Å²) >= 11 is 0. The van der Waals surface area contributed by atoms with Gasteiger partial charge >= 0.3 is 0 Å². The number of aryl methyl sites for hydroxylation is 1. The third-order valence-electron chi connectivity index (χ3n) is 4.14. The maximum absolute atomic E-state index is 5.91. The van der Waals surface area contributed by atoms with Gasteiger partial charge in [-0.05, 0) is 23.6 Å². The van der Waals surface area contributed by atoms with Gasteiger partial charge in [0.1, 0.15) is 5.75 Å². The fourth-order valence-electron chi connectivity index (χ4n) is 2.91. The number of rotatable bonds is 6. The van der Waals surface area contributed by atoms with E-state index in [0.29, 0.717) is 5.92 Å². The molecule has 0 amide bonds. The first-order chi connectivity index (χ1) is 11.6. The largest absolute Gasteiger partial charge is 0.493 e. The lowest BCUT2D eigenvalue weighted by Gasteiger charge is -2.32. The van der Waals surface area contributed by atoms with Crippen molar-refractivity contribution in [3.05, 3.63) is 47.8 Å². The van der Waals surface area contributed by atoms with Crippen molar-refractivity contribution in [1.82, 2.24) is 14.7 Å². The molecule has 3 rings (SSSR count). The van der Waals surface area contributed by atoms with Crippen LogP contribution in [0.15, 0.2) is 36.7 Å². The van der Waals surface area contributed by atoms with Crippen molar-refractivity contribution in [1.29, 1.82) is 0 Å². The monoisotopic (exact) mass is 329 g/mol. The Kier molecular flexibility index (Phi) is 5.53. The Balaban J connectivity index is 1.60. The molecule has 0 radical (unpaired) electrons. The maximum Gasteiger partial charge on any atom is 0.119 e. The summed E-state index contributed by atoms with van der Waals surface area (Å²) in [7, 11) is 1.94. The molecule has 1 aliphatic heterocycles. The van der Waals surface area contributed by atoms with E-state index in [1.54, 1.807) is 0 Å². The Labute approximate surface area is 144 Å². The van der Waals surface area contributed by atoms with Gasteiger partial charge < -0.3 is 9.47 Å². The molecule has 1 aromatic heterocycles. The van der Waals surface area contributed by atoms with E-state index in [2.05, 4.69) is 42.0 Å². The van der Waals surface area contributed by atoms with Gasteiger partial charge in [0.2, 0.25) is 0 Å². The molecule has 1 atom stereocenters. The minimum Gasteiger partial charge on any atom is -0.493 e. The van der Waals surface area contributed by atoms with Gasteiger partial charge in [-0.25, -0.2) is 0 Å². The summed E-state index contributed by atoms with van der Waals surface area (Å²) in [6.07, 6.45) is 4.04. The fourth-order valence-corrected chi connectivity index (χ4v) is 2.91. The average Bonchev–Trinajstić information content (AvgIpc) is 3.00. The molecule has 2 aromatic rings. The van der Waals surface area contributed by atoms with Crippen molar-refractivity contribution < 1.29 is 9.47 Å². The van der Waals surface area contributed by atoms with E-state index < -0.39 is 0 Å². The zero-order valence-electron chi connectivity index (χ0n) is 14.8.